The van der Waals surface area contributed by atoms with E-state index in [2.05, 4.69) is 5.10 Å². The lowest BCUT2D eigenvalue weighted by atomic mass is 10.3. The van der Waals surface area contributed by atoms with Gasteiger partial charge in [0.15, 0.2) is 0 Å². The van der Waals surface area contributed by atoms with E-state index < -0.39 is 5.69 Å². The highest BCUT2D eigenvalue weighted by Gasteiger charge is 2.06. The summed E-state index contributed by atoms with van der Waals surface area (Å²) in [4.78, 5) is 10.9. The predicted molar refractivity (Wildman–Crippen MR) is 43.7 cm³/mol. The highest BCUT2D eigenvalue weighted by Crippen LogP contribution is 2.04. The van der Waals surface area contributed by atoms with Gasteiger partial charge in [0, 0.05) is 6.07 Å². The third-order valence-electron chi connectivity index (χ3n) is 1.66. The summed E-state index contributed by atoms with van der Waals surface area (Å²) >= 11 is 0. The van der Waals surface area contributed by atoms with Crippen LogP contribution >= 0.6 is 0 Å². The average Bonchev–Trinajstić information content (AvgIpc) is 2.15. The Morgan fingerprint density at radius 1 is 1.38 bits per heavy atom. The Balaban J connectivity index is 3.06. The molecule has 0 N–H and O–H groups in total. The Hall–Kier alpha value is -2.11. The van der Waals surface area contributed by atoms with E-state index >= 15 is 0 Å². The normalized spacial score (nSPS) is 10.5. The number of hydrogen-bond donors (Lipinski definition) is 0. The fourth-order valence-electron chi connectivity index (χ4n) is 1.07. The first-order chi connectivity index (χ1) is 6.20. The topological polar surface area (TPSA) is 84.9 Å². The average molecular weight is 178 g/mol. The van der Waals surface area contributed by atoms with Crippen LogP contribution in [0.25, 0.3) is 11.0 Å². The minimum atomic E-state index is -1.10. The van der Waals surface area contributed by atoms with Crippen LogP contribution in [0.1, 0.15) is 0 Å². The molecule has 0 aliphatic rings. The maximum absolute atomic E-state index is 11.1. The van der Waals surface area contributed by atoms with Gasteiger partial charge in [-0.2, -0.15) is 0 Å². The van der Waals surface area contributed by atoms with Gasteiger partial charge in [0.05, 0.1) is 5.10 Å². The molecule has 6 heteroatoms. The van der Waals surface area contributed by atoms with Crippen molar-refractivity contribution in [2.24, 2.45) is 0 Å². The van der Waals surface area contributed by atoms with Crippen LogP contribution in [-0.2, 0) is 0 Å². The van der Waals surface area contributed by atoms with Crippen molar-refractivity contribution < 1.29 is 4.85 Å². The van der Waals surface area contributed by atoms with Crippen molar-refractivity contribution in [2.75, 3.05) is 0 Å². The van der Waals surface area contributed by atoms with E-state index in [-0.39, 0.29) is 20.6 Å². The lowest BCUT2D eigenvalue weighted by molar-refractivity contribution is -0.644. The molecule has 1 aromatic heterocycles. The zero-order valence-corrected chi connectivity index (χ0v) is 6.38. The third-order valence-corrected chi connectivity index (χ3v) is 1.66. The highest BCUT2D eigenvalue weighted by atomic mass is 16.5. The van der Waals surface area contributed by atoms with E-state index in [0.717, 1.165) is 0 Å². The molecule has 0 aliphatic carbocycles. The molecule has 66 valence electrons. The summed E-state index contributed by atoms with van der Waals surface area (Å²) in [5.41, 5.74) is -0.997. The van der Waals surface area contributed by atoms with Crippen LogP contribution in [0.15, 0.2) is 29.1 Å². The molecular formula is C7H4N3O3-. The molecule has 0 spiro atoms. The standard InChI is InChI=1S/C7H4N3O3/c11-7-8-10(13)6-4-2-1-3-5(6)9(7)12/h1-4H/q-1. The summed E-state index contributed by atoms with van der Waals surface area (Å²) in [7, 11) is 0. The number of fused-ring (bicyclic) bond motifs is 1. The number of rotatable bonds is 0. The SMILES string of the molecule is O=c1n[n+]([O-])c2ccccc2n1[O-]. The third kappa shape index (κ3) is 0.994. The van der Waals surface area contributed by atoms with Crippen LogP contribution in [0.2, 0.25) is 0 Å². The van der Waals surface area contributed by atoms with Crippen LogP contribution in [-0.4, -0.2) is 9.83 Å². The van der Waals surface area contributed by atoms with Crippen molar-refractivity contribution in [2.45, 2.75) is 0 Å². The van der Waals surface area contributed by atoms with Gasteiger partial charge >= 0.3 is 5.69 Å². The molecule has 0 radical (unpaired) electrons. The molecule has 2 rings (SSSR count). The fraction of sp³-hybridized carbons (Fsp3) is 0. The Morgan fingerprint density at radius 3 is 2.85 bits per heavy atom. The number of nitrogens with zero attached hydrogens (tertiary/aromatic N) is 3. The smallest absolute Gasteiger partial charge is 0.405 e. The van der Waals surface area contributed by atoms with Crippen LogP contribution in [0.5, 0.6) is 0 Å². The molecule has 1 heterocycles. The summed E-state index contributed by atoms with van der Waals surface area (Å²) in [6.07, 6.45) is 0. The summed E-state index contributed by atoms with van der Waals surface area (Å²) in [6, 6.07) is 5.96. The Bertz CT molecular complexity index is 520. The Labute approximate surface area is 71.8 Å². The molecule has 0 unspecified atom stereocenters. The molecule has 0 aliphatic heterocycles. The van der Waals surface area contributed by atoms with E-state index in [1.165, 1.54) is 12.1 Å². The van der Waals surface area contributed by atoms with Crippen molar-refractivity contribution >= 4 is 11.0 Å². The first kappa shape index (κ1) is 7.53. The molecule has 2 aromatic rings. The highest BCUT2D eigenvalue weighted by molar-refractivity contribution is 5.71. The molecule has 0 fully saturated rings. The van der Waals surface area contributed by atoms with Gasteiger partial charge in [-0.3, -0.25) is 0 Å². The monoisotopic (exact) mass is 178 g/mol. The fourth-order valence-corrected chi connectivity index (χ4v) is 1.07. The zero-order chi connectivity index (χ0) is 9.42. The zero-order valence-electron chi connectivity index (χ0n) is 6.38. The number of aromatic nitrogens is 3. The number of hydrogen-bond acceptors (Lipinski definition) is 4. The van der Waals surface area contributed by atoms with E-state index in [1.807, 2.05) is 0 Å². The quantitative estimate of drug-likeness (QED) is 0.397. The molecule has 13 heavy (non-hydrogen) atoms. The van der Waals surface area contributed by atoms with Gasteiger partial charge in [-0.25, -0.2) is 4.79 Å². The van der Waals surface area contributed by atoms with Crippen LogP contribution in [0.4, 0.5) is 0 Å². The second-order valence-corrected chi connectivity index (χ2v) is 2.44. The molecule has 0 saturated heterocycles. The molecule has 0 bridgehead atoms. The predicted octanol–water partition coefficient (Wildman–Crippen LogP) is -0.624. The Morgan fingerprint density at radius 2 is 2.08 bits per heavy atom. The van der Waals surface area contributed by atoms with Crippen molar-refractivity contribution in [3.63, 3.8) is 0 Å². The summed E-state index contributed by atoms with van der Waals surface area (Å²) in [5, 5.41) is 25.0. The summed E-state index contributed by atoms with van der Waals surface area (Å²) in [5.74, 6) is 0. The maximum Gasteiger partial charge on any atom is 0.405 e. The number of benzene rings is 1. The molecule has 0 saturated carbocycles. The van der Waals surface area contributed by atoms with Gasteiger partial charge in [-0.1, -0.05) is 12.1 Å². The van der Waals surface area contributed by atoms with Crippen molar-refractivity contribution in [1.82, 2.24) is 9.83 Å². The minimum Gasteiger partial charge on any atom is -0.802 e. The van der Waals surface area contributed by atoms with Gasteiger partial charge in [0.2, 0.25) is 0 Å². The second kappa shape index (κ2) is 2.44. The van der Waals surface area contributed by atoms with Crippen molar-refractivity contribution in [3.05, 3.63) is 45.2 Å². The lowest BCUT2D eigenvalue weighted by Gasteiger charge is -2.09. The first-order valence-corrected chi connectivity index (χ1v) is 3.49. The first-order valence-electron chi connectivity index (χ1n) is 3.49. The van der Waals surface area contributed by atoms with Gasteiger partial charge in [0.1, 0.15) is 5.52 Å². The molecule has 6 nitrogen and oxygen atoms in total. The van der Waals surface area contributed by atoms with E-state index in [4.69, 9.17) is 0 Å². The van der Waals surface area contributed by atoms with E-state index in [1.54, 1.807) is 12.1 Å². The summed E-state index contributed by atoms with van der Waals surface area (Å²) < 4.78 is 0.0870. The van der Waals surface area contributed by atoms with E-state index in [0.29, 0.717) is 0 Å². The number of para-hydroxylation sites is 2. The van der Waals surface area contributed by atoms with Crippen LogP contribution in [0.3, 0.4) is 0 Å². The van der Waals surface area contributed by atoms with Crippen molar-refractivity contribution in [3.8, 4) is 0 Å². The van der Waals surface area contributed by atoms with Gasteiger partial charge in [0.25, 0.3) is 5.52 Å². The molecule has 0 atom stereocenters. The summed E-state index contributed by atoms with van der Waals surface area (Å²) in [6.45, 7) is 0. The van der Waals surface area contributed by atoms with Gasteiger partial charge < -0.3 is 15.1 Å². The van der Waals surface area contributed by atoms with Gasteiger partial charge in [-0.05, 0) is 10.9 Å². The minimum absolute atomic E-state index is 0.0255. The van der Waals surface area contributed by atoms with Gasteiger partial charge in [-0.15, -0.1) is 0 Å². The largest absolute Gasteiger partial charge is 0.802 e. The molecular weight excluding hydrogens is 174 g/mol. The molecule has 0 amide bonds. The van der Waals surface area contributed by atoms with Crippen molar-refractivity contribution in [1.29, 1.82) is 0 Å². The molecule has 1 aromatic carbocycles. The van der Waals surface area contributed by atoms with Crippen LogP contribution < -0.4 is 10.5 Å². The Kier molecular flexibility index (Phi) is 1.42. The van der Waals surface area contributed by atoms with E-state index in [9.17, 15) is 15.2 Å². The lowest BCUT2D eigenvalue weighted by Crippen LogP contribution is -2.41. The van der Waals surface area contributed by atoms with Crippen LogP contribution in [0, 0.1) is 10.4 Å². The second-order valence-electron chi connectivity index (χ2n) is 2.44. The maximum atomic E-state index is 11.1.